The van der Waals surface area contributed by atoms with Crippen molar-refractivity contribution in [2.75, 3.05) is 19.6 Å². The van der Waals surface area contributed by atoms with E-state index >= 15 is 0 Å². The lowest BCUT2D eigenvalue weighted by Crippen LogP contribution is -2.49. The quantitative estimate of drug-likeness (QED) is 0.533. The summed E-state index contributed by atoms with van der Waals surface area (Å²) < 4.78 is 41.4. The number of carbonyl (C=O) groups excluding carboxylic acids is 1. The first-order valence-corrected chi connectivity index (χ1v) is 10.2. The molecule has 3 N–H and O–H groups in total. The fourth-order valence-corrected chi connectivity index (χ4v) is 3.80. The summed E-state index contributed by atoms with van der Waals surface area (Å²) in [7, 11) is -4.19. The molecule has 0 aliphatic carbocycles. The van der Waals surface area contributed by atoms with Gasteiger partial charge in [0.1, 0.15) is 16.8 Å². The lowest BCUT2D eigenvalue weighted by Gasteiger charge is -2.19. The topological polar surface area (TPSA) is 87.3 Å². The fraction of sp³-hybridized carbons (Fsp3) is 0.316. The van der Waals surface area contributed by atoms with E-state index < -0.39 is 32.7 Å². The molecule has 146 valence electrons. The van der Waals surface area contributed by atoms with Crippen LogP contribution in [0.1, 0.15) is 12.5 Å². The van der Waals surface area contributed by atoms with E-state index in [1.165, 1.54) is 18.2 Å². The maximum absolute atomic E-state index is 13.9. The average Bonchev–Trinajstić information content (AvgIpc) is 2.65. The highest BCUT2D eigenvalue weighted by atomic mass is 32.2. The molecule has 0 heterocycles. The van der Waals surface area contributed by atoms with Crippen molar-refractivity contribution in [3.63, 3.8) is 0 Å². The van der Waals surface area contributed by atoms with Gasteiger partial charge in [-0.1, -0.05) is 49.4 Å². The van der Waals surface area contributed by atoms with E-state index in [0.29, 0.717) is 13.1 Å². The smallest absolute Gasteiger partial charge is 0.244 e. The van der Waals surface area contributed by atoms with Crippen LogP contribution in [0, 0.1) is 5.82 Å². The molecule has 0 spiro atoms. The van der Waals surface area contributed by atoms with Crippen molar-refractivity contribution in [3.05, 3.63) is 66.0 Å². The van der Waals surface area contributed by atoms with E-state index in [-0.39, 0.29) is 6.42 Å². The highest BCUT2D eigenvalue weighted by molar-refractivity contribution is 7.89. The molecule has 0 aliphatic rings. The first-order valence-electron chi connectivity index (χ1n) is 8.73. The maximum atomic E-state index is 13.9. The number of halogens is 1. The first kappa shape index (κ1) is 21.0. The maximum Gasteiger partial charge on any atom is 0.244 e. The summed E-state index contributed by atoms with van der Waals surface area (Å²) in [4.78, 5) is 12.1. The molecule has 1 unspecified atom stereocenters. The summed E-state index contributed by atoms with van der Waals surface area (Å²) >= 11 is 0. The van der Waals surface area contributed by atoms with Gasteiger partial charge in [0.2, 0.25) is 15.9 Å². The first-order chi connectivity index (χ1) is 12.9. The van der Waals surface area contributed by atoms with E-state index in [9.17, 15) is 17.6 Å². The minimum atomic E-state index is -4.19. The molecule has 2 rings (SSSR count). The Morgan fingerprint density at radius 1 is 1.04 bits per heavy atom. The van der Waals surface area contributed by atoms with Crippen molar-refractivity contribution < 1.29 is 17.6 Å². The van der Waals surface area contributed by atoms with Gasteiger partial charge in [-0.25, -0.2) is 12.8 Å². The third-order valence-electron chi connectivity index (χ3n) is 3.87. The van der Waals surface area contributed by atoms with Gasteiger partial charge in [-0.15, -0.1) is 0 Å². The van der Waals surface area contributed by atoms with Gasteiger partial charge in [0.05, 0.1) is 0 Å². The summed E-state index contributed by atoms with van der Waals surface area (Å²) in [5, 5.41) is 5.78. The van der Waals surface area contributed by atoms with Crippen LogP contribution in [-0.2, 0) is 21.2 Å². The molecule has 0 bridgehead atoms. The molecule has 0 aliphatic heterocycles. The largest absolute Gasteiger partial charge is 0.353 e. The van der Waals surface area contributed by atoms with Crippen molar-refractivity contribution in [1.82, 2.24) is 15.4 Å². The number of sulfonamides is 1. The highest BCUT2D eigenvalue weighted by Crippen LogP contribution is 2.15. The Morgan fingerprint density at radius 2 is 1.70 bits per heavy atom. The second-order valence-corrected chi connectivity index (χ2v) is 7.62. The normalized spacial score (nSPS) is 12.5. The van der Waals surface area contributed by atoms with Gasteiger partial charge >= 0.3 is 0 Å². The van der Waals surface area contributed by atoms with E-state index in [0.717, 1.165) is 18.2 Å². The molecule has 0 fully saturated rings. The van der Waals surface area contributed by atoms with E-state index in [1.54, 1.807) is 24.3 Å². The Labute approximate surface area is 159 Å². The predicted octanol–water partition coefficient (Wildman–Crippen LogP) is 1.44. The minimum Gasteiger partial charge on any atom is -0.353 e. The van der Waals surface area contributed by atoms with Gasteiger partial charge in [-0.3, -0.25) is 4.79 Å². The number of likely N-dealkylation sites (N-methyl/N-ethyl adjacent to an activating group) is 1. The molecule has 8 heteroatoms. The van der Waals surface area contributed by atoms with Gasteiger partial charge < -0.3 is 10.6 Å². The monoisotopic (exact) mass is 393 g/mol. The molecule has 0 radical (unpaired) electrons. The Balaban J connectivity index is 2.18. The molecule has 6 nitrogen and oxygen atoms in total. The van der Waals surface area contributed by atoms with E-state index in [1.807, 2.05) is 13.0 Å². The van der Waals surface area contributed by atoms with Crippen LogP contribution in [0.3, 0.4) is 0 Å². The van der Waals surface area contributed by atoms with Crippen LogP contribution in [0.2, 0.25) is 0 Å². The van der Waals surface area contributed by atoms with E-state index in [4.69, 9.17) is 0 Å². The number of benzene rings is 2. The second-order valence-electron chi connectivity index (χ2n) is 5.94. The minimum absolute atomic E-state index is 0.154. The number of nitrogens with one attached hydrogen (secondary N) is 3. The zero-order valence-electron chi connectivity index (χ0n) is 15.1. The predicted molar refractivity (Wildman–Crippen MR) is 102 cm³/mol. The van der Waals surface area contributed by atoms with Crippen LogP contribution in [0.4, 0.5) is 4.39 Å². The van der Waals surface area contributed by atoms with Crippen LogP contribution >= 0.6 is 0 Å². The third-order valence-corrected chi connectivity index (χ3v) is 5.38. The van der Waals surface area contributed by atoms with Gasteiger partial charge in [-0.2, -0.15) is 4.72 Å². The van der Waals surface area contributed by atoms with Gasteiger partial charge in [0, 0.05) is 13.1 Å². The number of rotatable bonds is 10. The van der Waals surface area contributed by atoms with E-state index in [2.05, 4.69) is 15.4 Å². The molecule has 0 saturated heterocycles. The van der Waals surface area contributed by atoms with Crippen LogP contribution in [0.15, 0.2) is 59.5 Å². The molecule has 1 amide bonds. The summed E-state index contributed by atoms with van der Waals surface area (Å²) in [5.74, 6) is -1.33. The Bertz CT molecular complexity index is 844. The number of hydrogen-bond donors (Lipinski definition) is 3. The molecule has 2 aromatic rings. The van der Waals surface area contributed by atoms with Crippen molar-refractivity contribution in [2.45, 2.75) is 24.3 Å². The summed E-state index contributed by atoms with van der Waals surface area (Å²) in [6, 6.07) is 13.1. The Morgan fingerprint density at radius 3 is 2.37 bits per heavy atom. The SMILES string of the molecule is CCNCCNC(=O)C(Cc1ccccc1)NS(=O)(=O)c1ccccc1F. The number of hydrogen-bond acceptors (Lipinski definition) is 4. The van der Waals surface area contributed by atoms with Gasteiger partial charge in [0.15, 0.2) is 0 Å². The zero-order chi connectivity index (χ0) is 19.7. The number of amides is 1. The second kappa shape index (κ2) is 10.1. The highest BCUT2D eigenvalue weighted by Gasteiger charge is 2.27. The van der Waals surface area contributed by atoms with Crippen LogP contribution in [0.5, 0.6) is 0 Å². The van der Waals surface area contributed by atoms with Crippen LogP contribution in [0.25, 0.3) is 0 Å². The van der Waals surface area contributed by atoms with Crippen LogP contribution in [-0.4, -0.2) is 40.0 Å². The fourth-order valence-electron chi connectivity index (χ4n) is 2.53. The Kier molecular flexibility index (Phi) is 7.90. The lowest BCUT2D eigenvalue weighted by molar-refractivity contribution is -0.122. The molecule has 0 aromatic heterocycles. The molecular formula is C19H24FN3O3S. The standard InChI is InChI=1S/C19H24FN3O3S/c1-2-21-12-13-22-19(24)17(14-15-8-4-3-5-9-15)23-27(25,26)18-11-7-6-10-16(18)20/h3-11,17,21,23H,2,12-14H2,1H3,(H,22,24). The summed E-state index contributed by atoms with van der Waals surface area (Å²) in [6.07, 6.45) is 0.154. The zero-order valence-corrected chi connectivity index (χ0v) is 15.9. The van der Waals surface area contributed by atoms with Crippen molar-refractivity contribution in [2.24, 2.45) is 0 Å². The number of carbonyl (C=O) groups is 1. The average molecular weight is 393 g/mol. The van der Waals surface area contributed by atoms with Gasteiger partial charge in [-0.05, 0) is 30.7 Å². The third kappa shape index (κ3) is 6.42. The Hall–Kier alpha value is -2.29. The van der Waals surface area contributed by atoms with Crippen molar-refractivity contribution >= 4 is 15.9 Å². The molecular weight excluding hydrogens is 369 g/mol. The van der Waals surface area contributed by atoms with Crippen LogP contribution < -0.4 is 15.4 Å². The molecule has 2 aromatic carbocycles. The lowest BCUT2D eigenvalue weighted by atomic mass is 10.1. The van der Waals surface area contributed by atoms with Gasteiger partial charge in [0.25, 0.3) is 0 Å². The summed E-state index contributed by atoms with van der Waals surface area (Å²) in [6.45, 7) is 3.64. The van der Waals surface area contributed by atoms with Crippen molar-refractivity contribution in [1.29, 1.82) is 0 Å². The molecule has 0 saturated carbocycles. The van der Waals surface area contributed by atoms with Crippen molar-refractivity contribution in [3.8, 4) is 0 Å². The molecule has 27 heavy (non-hydrogen) atoms. The summed E-state index contributed by atoms with van der Waals surface area (Å²) in [5.41, 5.74) is 0.792. The molecule has 1 atom stereocenters.